The fraction of sp³-hybridized carbons (Fsp3) is 0.650. The van der Waals surface area contributed by atoms with Crippen LogP contribution in [0.4, 0.5) is 0 Å². The van der Waals surface area contributed by atoms with E-state index in [2.05, 4.69) is 24.1 Å². The molecule has 0 radical (unpaired) electrons. The lowest BCUT2D eigenvalue weighted by Gasteiger charge is -2.22. The van der Waals surface area contributed by atoms with Gasteiger partial charge in [0.25, 0.3) is 0 Å². The van der Waals surface area contributed by atoms with Crippen molar-refractivity contribution in [2.24, 2.45) is 0 Å². The Morgan fingerprint density at radius 2 is 2.19 bits per heavy atom. The minimum atomic E-state index is 0.00251. The summed E-state index contributed by atoms with van der Waals surface area (Å²) in [4.78, 5) is 29.8. The average molecular weight is 395 g/mol. The van der Waals surface area contributed by atoms with E-state index >= 15 is 0 Å². The number of hydrogen-bond acceptors (Lipinski definition) is 5. The van der Waals surface area contributed by atoms with Crippen molar-refractivity contribution in [3.63, 3.8) is 0 Å². The quantitative estimate of drug-likeness (QED) is 0.208. The van der Waals surface area contributed by atoms with Gasteiger partial charge in [0, 0.05) is 31.0 Å². The van der Waals surface area contributed by atoms with Crippen LogP contribution in [0.5, 0.6) is 0 Å². The van der Waals surface area contributed by atoms with Crippen molar-refractivity contribution in [2.45, 2.75) is 75.6 Å². The predicted molar refractivity (Wildman–Crippen MR) is 110 cm³/mol. The number of thioether (sulfide) groups is 1. The molecule has 1 aromatic rings. The van der Waals surface area contributed by atoms with Crippen LogP contribution < -0.4 is 0 Å². The van der Waals surface area contributed by atoms with E-state index in [1.807, 2.05) is 4.90 Å². The summed E-state index contributed by atoms with van der Waals surface area (Å²) in [5.74, 6) is 1.08. The molecule has 2 heterocycles. The number of carbonyl (C=O) groups excluding carboxylic acids is 2. The van der Waals surface area contributed by atoms with Gasteiger partial charge >= 0.3 is 0 Å². The number of unbranched alkanes of at least 4 members (excludes halogenated alkanes) is 5. The van der Waals surface area contributed by atoms with E-state index in [9.17, 15) is 9.59 Å². The molecule has 1 saturated heterocycles. The van der Waals surface area contributed by atoms with Crippen LogP contribution in [0.25, 0.3) is 0 Å². The number of nitrogens with zero attached hydrogens (tertiary/aromatic N) is 2. The van der Waals surface area contributed by atoms with Gasteiger partial charge in [-0.3, -0.25) is 9.59 Å². The maximum Gasteiger partial charge on any atom is 0.223 e. The van der Waals surface area contributed by atoms with Gasteiger partial charge in [-0.25, -0.2) is 4.98 Å². The Kier molecular flexibility index (Phi) is 9.40. The Balaban J connectivity index is 1.71. The van der Waals surface area contributed by atoms with Crippen molar-refractivity contribution < 1.29 is 9.59 Å². The molecule has 26 heavy (non-hydrogen) atoms. The van der Waals surface area contributed by atoms with Crippen molar-refractivity contribution in [2.75, 3.05) is 12.3 Å². The van der Waals surface area contributed by atoms with E-state index < -0.39 is 0 Å². The summed E-state index contributed by atoms with van der Waals surface area (Å²) in [6, 6.07) is 0.253. The molecule has 1 fully saturated rings. The number of hydrogen-bond donors (Lipinski definition) is 0. The first-order valence-electron chi connectivity index (χ1n) is 9.67. The van der Waals surface area contributed by atoms with Crippen LogP contribution in [0.15, 0.2) is 21.9 Å². The smallest absolute Gasteiger partial charge is 0.223 e. The van der Waals surface area contributed by atoms with Gasteiger partial charge in [0.05, 0.1) is 6.04 Å². The van der Waals surface area contributed by atoms with Crippen LogP contribution in [0.2, 0.25) is 0 Å². The van der Waals surface area contributed by atoms with E-state index in [0.29, 0.717) is 12.1 Å². The molecule has 1 aliphatic rings. The molecule has 0 aliphatic carbocycles. The van der Waals surface area contributed by atoms with Gasteiger partial charge in [0.2, 0.25) is 5.91 Å². The standard InChI is InChI=1S/C20H30N2O2S2/c1-3-4-5-6-7-8-9-10-17-11-12-19(24)22(17)13-14-25-20-21-18(15-26-20)16(2)23/h9-10,15,17H,3-8,11-14H2,1-2H3/b10-9+. The van der Waals surface area contributed by atoms with Gasteiger partial charge in [-0.1, -0.05) is 56.5 Å². The van der Waals surface area contributed by atoms with Crippen LogP contribution in [0.1, 0.15) is 75.7 Å². The number of aromatic nitrogens is 1. The molecule has 144 valence electrons. The molecule has 1 unspecified atom stereocenters. The molecule has 1 aromatic heterocycles. The molecule has 2 rings (SSSR count). The number of thiazole rings is 1. The number of likely N-dealkylation sites (tertiary alicyclic amines) is 1. The number of ketones is 1. The van der Waals surface area contributed by atoms with Crippen molar-refractivity contribution in [1.29, 1.82) is 0 Å². The number of carbonyl (C=O) groups is 2. The second-order valence-electron chi connectivity index (χ2n) is 6.73. The first-order valence-corrected chi connectivity index (χ1v) is 11.5. The topological polar surface area (TPSA) is 50.3 Å². The lowest BCUT2D eigenvalue weighted by Crippen LogP contribution is -2.33. The molecule has 0 bridgehead atoms. The molecule has 1 aliphatic heterocycles. The molecule has 0 N–H and O–H groups in total. The zero-order valence-corrected chi connectivity index (χ0v) is 17.5. The van der Waals surface area contributed by atoms with Crippen molar-refractivity contribution >= 4 is 34.8 Å². The Morgan fingerprint density at radius 1 is 1.38 bits per heavy atom. The van der Waals surface area contributed by atoms with Gasteiger partial charge in [-0.15, -0.1) is 11.3 Å². The van der Waals surface area contributed by atoms with Crippen molar-refractivity contribution in [3.8, 4) is 0 Å². The van der Waals surface area contributed by atoms with Crippen LogP contribution in [-0.4, -0.2) is 39.9 Å². The van der Waals surface area contributed by atoms with Gasteiger partial charge in [0.15, 0.2) is 10.1 Å². The van der Waals surface area contributed by atoms with E-state index in [4.69, 9.17) is 0 Å². The molecular weight excluding hydrogens is 364 g/mol. The minimum absolute atomic E-state index is 0.00251. The molecule has 1 amide bonds. The molecule has 0 saturated carbocycles. The normalized spacial score (nSPS) is 17.5. The molecule has 0 aromatic carbocycles. The number of amides is 1. The average Bonchev–Trinajstić information content (AvgIpc) is 3.22. The van der Waals surface area contributed by atoms with E-state index in [1.54, 1.807) is 17.1 Å². The Labute approximate surface area is 165 Å². The van der Waals surface area contributed by atoms with Crippen molar-refractivity contribution in [3.05, 3.63) is 23.2 Å². The Bertz CT molecular complexity index is 613. The summed E-state index contributed by atoms with van der Waals surface area (Å²) in [5, 5.41) is 1.80. The predicted octanol–water partition coefficient (Wildman–Crippen LogP) is 5.35. The summed E-state index contributed by atoms with van der Waals surface area (Å²) < 4.78 is 0.904. The first-order chi connectivity index (χ1) is 12.6. The van der Waals surface area contributed by atoms with E-state index in [-0.39, 0.29) is 17.7 Å². The van der Waals surface area contributed by atoms with Crippen LogP contribution >= 0.6 is 23.1 Å². The third kappa shape index (κ3) is 6.88. The van der Waals surface area contributed by atoms with E-state index in [1.165, 1.54) is 50.4 Å². The van der Waals surface area contributed by atoms with Gasteiger partial charge in [-0.05, 0) is 19.3 Å². The van der Waals surface area contributed by atoms with Gasteiger partial charge in [0.1, 0.15) is 5.69 Å². The monoisotopic (exact) mass is 394 g/mol. The fourth-order valence-corrected chi connectivity index (χ4v) is 4.96. The largest absolute Gasteiger partial charge is 0.335 e. The lowest BCUT2D eigenvalue weighted by atomic mass is 10.1. The maximum absolute atomic E-state index is 12.2. The Morgan fingerprint density at radius 3 is 2.92 bits per heavy atom. The molecule has 4 nitrogen and oxygen atoms in total. The summed E-state index contributed by atoms with van der Waals surface area (Å²) in [5.41, 5.74) is 0.537. The van der Waals surface area contributed by atoms with Crippen LogP contribution in [0.3, 0.4) is 0 Å². The fourth-order valence-electron chi connectivity index (χ4n) is 3.08. The van der Waals surface area contributed by atoms with Crippen LogP contribution in [-0.2, 0) is 4.79 Å². The zero-order chi connectivity index (χ0) is 18.8. The summed E-state index contributed by atoms with van der Waals surface area (Å²) >= 11 is 3.13. The van der Waals surface area contributed by atoms with Crippen LogP contribution in [0, 0.1) is 0 Å². The highest BCUT2D eigenvalue weighted by molar-refractivity contribution is 8.01. The third-order valence-electron chi connectivity index (χ3n) is 4.61. The second-order valence-corrected chi connectivity index (χ2v) is 8.93. The highest BCUT2D eigenvalue weighted by atomic mass is 32.2. The SMILES string of the molecule is CCCCCCC/C=C/C1CCC(=O)N1CCSc1nc(C(C)=O)cs1. The lowest BCUT2D eigenvalue weighted by molar-refractivity contribution is -0.128. The number of Topliss-reactive ketones (excluding diaryl/α,β-unsaturated/α-hetero) is 1. The summed E-state index contributed by atoms with van der Waals surface area (Å²) in [6.07, 6.45) is 13.7. The van der Waals surface area contributed by atoms with Gasteiger partial charge < -0.3 is 4.90 Å². The molecule has 0 spiro atoms. The first kappa shape index (κ1) is 21.2. The summed E-state index contributed by atoms with van der Waals surface area (Å²) in [6.45, 7) is 4.51. The van der Waals surface area contributed by atoms with Gasteiger partial charge in [-0.2, -0.15) is 0 Å². The minimum Gasteiger partial charge on any atom is -0.335 e. The molecular formula is C20H30N2O2S2. The molecule has 6 heteroatoms. The Hall–Kier alpha value is -1.14. The maximum atomic E-state index is 12.2. The third-order valence-corrected chi connectivity index (χ3v) is 6.61. The number of allylic oxidation sites excluding steroid dienone is 1. The zero-order valence-electron chi connectivity index (χ0n) is 15.9. The second kappa shape index (κ2) is 11.5. The highest BCUT2D eigenvalue weighted by Crippen LogP contribution is 2.25. The van der Waals surface area contributed by atoms with E-state index in [0.717, 1.165) is 29.5 Å². The molecule has 1 atom stereocenters. The summed E-state index contributed by atoms with van der Waals surface area (Å²) in [7, 11) is 0. The highest BCUT2D eigenvalue weighted by Gasteiger charge is 2.28. The van der Waals surface area contributed by atoms with Crippen molar-refractivity contribution in [1.82, 2.24) is 9.88 Å². The number of rotatable bonds is 12.